The standard InChI is InChI=1S/C14H42O19Si6/c1-15-34(16-2,17-3)29-36(21-7,22-8)31-38(25-11,26-12)33-39(27-13,28-14)32-37(23-9,24-10)30-35(18-4,19-5)20-6/h1-14H3. The van der Waals surface area contributed by atoms with E-state index >= 15 is 0 Å². The maximum absolute atomic E-state index is 6.09. The minimum atomic E-state index is -4.44. The molecule has 0 aliphatic rings. The smallest absolute Gasteiger partial charge is 0.355 e. The van der Waals surface area contributed by atoms with E-state index in [1.54, 1.807) is 0 Å². The third kappa shape index (κ3) is 9.78. The van der Waals surface area contributed by atoms with E-state index in [0.717, 1.165) is 0 Å². The van der Waals surface area contributed by atoms with Gasteiger partial charge in [0.05, 0.1) is 0 Å². The van der Waals surface area contributed by atoms with Crippen LogP contribution in [0.25, 0.3) is 0 Å². The summed E-state index contributed by atoms with van der Waals surface area (Å²) in [7, 11) is -7.32. The van der Waals surface area contributed by atoms with Gasteiger partial charge in [-0.1, -0.05) is 0 Å². The van der Waals surface area contributed by atoms with Crippen LogP contribution >= 0.6 is 0 Å². The van der Waals surface area contributed by atoms with Crippen molar-refractivity contribution < 1.29 is 82.5 Å². The third-order valence-corrected chi connectivity index (χ3v) is 21.8. The van der Waals surface area contributed by atoms with Crippen LogP contribution in [0.5, 0.6) is 0 Å². The van der Waals surface area contributed by atoms with Gasteiger partial charge in [0, 0.05) is 99.5 Å². The second-order valence-corrected chi connectivity index (χ2v) is 22.2. The first-order valence-corrected chi connectivity index (χ1v) is 20.4. The van der Waals surface area contributed by atoms with Crippen molar-refractivity contribution >= 4 is 54.3 Å². The van der Waals surface area contributed by atoms with Gasteiger partial charge in [-0.3, -0.25) is 0 Å². The summed E-state index contributed by atoms with van der Waals surface area (Å²) in [6, 6.07) is 0. The topological polar surface area (TPSA) is 175 Å². The van der Waals surface area contributed by atoms with Crippen molar-refractivity contribution in [2.45, 2.75) is 0 Å². The molecule has 0 aromatic rings. The van der Waals surface area contributed by atoms with E-state index in [2.05, 4.69) is 0 Å². The Hall–Kier alpha value is 0.541. The molecule has 0 saturated carbocycles. The van der Waals surface area contributed by atoms with Gasteiger partial charge in [0.1, 0.15) is 0 Å². The van der Waals surface area contributed by atoms with Crippen molar-refractivity contribution in [2.24, 2.45) is 0 Å². The van der Waals surface area contributed by atoms with Gasteiger partial charge < -0.3 is 82.5 Å². The SMILES string of the molecule is CO[Si](OC)(OC)O[Si](OC)(OC)O[Si](OC)(OC)O[Si](OC)(OC)O[Si](OC)(OC)O[Si](OC)(OC)OC. The highest BCUT2D eigenvalue weighted by Gasteiger charge is 2.71. The first-order valence-electron chi connectivity index (χ1n) is 10.6. The quantitative estimate of drug-likeness (QED) is 0.110. The molecule has 0 amide bonds. The zero-order valence-electron chi connectivity index (χ0n) is 24.8. The monoisotopic (exact) mass is 682 g/mol. The Morgan fingerprint density at radius 3 is 0.385 bits per heavy atom. The number of rotatable bonds is 24. The van der Waals surface area contributed by atoms with Crippen LogP contribution in [0.15, 0.2) is 0 Å². The van der Waals surface area contributed by atoms with Crippen molar-refractivity contribution in [1.82, 2.24) is 0 Å². The minimum Gasteiger partial charge on any atom is -0.355 e. The molecule has 0 atom stereocenters. The van der Waals surface area contributed by atoms with Gasteiger partial charge in [-0.15, -0.1) is 0 Å². The molecule has 0 unspecified atom stereocenters. The Balaban J connectivity index is 6.63. The lowest BCUT2D eigenvalue weighted by atomic mass is 11.8. The molecule has 0 aliphatic carbocycles. The van der Waals surface area contributed by atoms with Crippen LogP contribution in [0.3, 0.4) is 0 Å². The van der Waals surface area contributed by atoms with Crippen molar-refractivity contribution in [3.05, 3.63) is 0 Å². The van der Waals surface area contributed by atoms with Crippen molar-refractivity contribution in [3.8, 4) is 0 Å². The summed E-state index contributed by atoms with van der Waals surface area (Å²) in [5.41, 5.74) is 0. The Morgan fingerprint density at radius 2 is 0.282 bits per heavy atom. The second kappa shape index (κ2) is 17.6. The second-order valence-electron chi connectivity index (χ2n) is 6.37. The summed E-state index contributed by atoms with van der Waals surface area (Å²) in [5, 5.41) is 0. The summed E-state index contributed by atoms with van der Waals surface area (Å²) in [5.74, 6) is 0. The van der Waals surface area contributed by atoms with E-state index in [4.69, 9.17) is 82.5 Å². The summed E-state index contributed by atoms with van der Waals surface area (Å²) in [4.78, 5) is 0. The van der Waals surface area contributed by atoms with Gasteiger partial charge in [0.15, 0.2) is 0 Å². The van der Waals surface area contributed by atoms with Crippen LogP contribution in [-0.2, 0) is 82.5 Å². The average molecular weight is 683 g/mol. The maximum atomic E-state index is 6.09. The predicted molar refractivity (Wildman–Crippen MR) is 138 cm³/mol. The van der Waals surface area contributed by atoms with Crippen LogP contribution < -0.4 is 0 Å². The van der Waals surface area contributed by atoms with Gasteiger partial charge >= 0.3 is 54.3 Å². The third-order valence-electron chi connectivity index (χ3n) is 4.75. The molecule has 0 saturated heterocycles. The Labute approximate surface area is 236 Å². The molecule has 0 rings (SSSR count). The van der Waals surface area contributed by atoms with Crippen molar-refractivity contribution in [1.29, 1.82) is 0 Å². The van der Waals surface area contributed by atoms with Crippen LogP contribution in [0.1, 0.15) is 0 Å². The van der Waals surface area contributed by atoms with Crippen LogP contribution in [0, 0.1) is 0 Å². The molecular weight excluding hydrogens is 641 g/mol. The molecule has 0 fully saturated rings. The van der Waals surface area contributed by atoms with E-state index in [0.29, 0.717) is 0 Å². The first kappa shape index (κ1) is 39.5. The first-order chi connectivity index (χ1) is 18.4. The van der Waals surface area contributed by atoms with E-state index in [1.807, 2.05) is 0 Å². The molecule has 25 heteroatoms. The lowest BCUT2D eigenvalue weighted by Crippen LogP contribution is -2.71. The van der Waals surface area contributed by atoms with Gasteiger partial charge in [-0.25, -0.2) is 0 Å². The highest BCUT2D eigenvalue weighted by molar-refractivity contribution is 6.80. The molecule has 0 N–H and O–H groups in total. The van der Waals surface area contributed by atoms with Gasteiger partial charge in [0.25, 0.3) is 0 Å². The Bertz CT molecular complexity index is 586. The van der Waals surface area contributed by atoms with E-state index in [1.165, 1.54) is 99.5 Å². The van der Waals surface area contributed by atoms with E-state index in [9.17, 15) is 0 Å². The number of hydrogen-bond acceptors (Lipinski definition) is 19. The molecule has 0 aromatic carbocycles. The largest absolute Gasteiger partial charge is 0.673 e. The molecule has 39 heavy (non-hydrogen) atoms. The van der Waals surface area contributed by atoms with Crippen LogP contribution in [0.4, 0.5) is 0 Å². The van der Waals surface area contributed by atoms with Crippen LogP contribution in [-0.4, -0.2) is 154 Å². The summed E-state index contributed by atoms with van der Waals surface area (Å²) in [6.07, 6.45) is 0. The van der Waals surface area contributed by atoms with Gasteiger partial charge in [-0.05, 0) is 0 Å². The zero-order valence-corrected chi connectivity index (χ0v) is 30.8. The normalized spacial score (nSPS) is 14.3. The summed E-state index contributed by atoms with van der Waals surface area (Å²) >= 11 is 0. The molecule has 19 nitrogen and oxygen atoms in total. The Kier molecular flexibility index (Phi) is 17.9. The highest BCUT2D eigenvalue weighted by atomic mass is 28.6. The zero-order chi connectivity index (χ0) is 30.4. The lowest BCUT2D eigenvalue weighted by molar-refractivity contribution is -0.0674. The molecule has 0 aliphatic heterocycles. The van der Waals surface area contributed by atoms with Crippen molar-refractivity contribution in [3.63, 3.8) is 0 Å². The van der Waals surface area contributed by atoms with Crippen molar-refractivity contribution in [2.75, 3.05) is 99.5 Å². The fourth-order valence-electron chi connectivity index (χ4n) is 2.60. The molecule has 0 spiro atoms. The fourth-order valence-corrected chi connectivity index (χ4v) is 19.9. The molecule has 0 radical (unpaired) electrons. The summed E-state index contributed by atoms with van der Waals surface area (Å²) < 4.78 is 106. The van der Waals surface area contributed by atoms with Gasteiger partial charge in [-0.2, -0.15) is 0 Å². The predicted octanol–water partition coefficient (Wildman–Crippen LogP) is -1.27. The van der Waals surface area contributed by atoms with Gasteiger partial charge in [0.2, 0.25) is 0 Å². The molecule has 0 aromatic heterocycles. The summed E-state index contributed by atoms with van der Waals surface area (Å²) in [6.45, 7) is 0. The average Bonchev–Trinajstić information content (AvgIpc) is 3.00. The van der Waals surface area contributed by atoms with E-state index in [-0.39, 0.29) is 0 Å². The number of hydrogen-bond donors (Lipinski definition) is 0. The minimum absolute atomic E-state index is 1.23. The fraction of sp³-hybridized carbons (Fsp3) is 1.00. The highest BCUT2D eigenvalue weighted by Crippen LogP contribution is 2.30. The molecular formula is C14H42O19Si6. The van der Waals surface area contributed by atoms with Crippen LogP contribution in [0.2, 0.25) is 0 Å². The maximum Gasteiger partial charge on any atom is 0.673 e. The molecule has 0 heterocycles. The lowest BCUT2D eigenvalue weighted by Gasteiger charge is -2.40. The Morgan fingerprint density at radius 1 is 0.179 bits per heavy atom. The molecule has 0 bridgehead atoms. The molecule has 236 valence electrons. The van der Waals surface area contributed by atoms with E-state index < -0.39 is 54.3 Å².